The molecule has 0 spiro atoms. The fourth-order valence-electron chi connectivity index (χ4n) is 1.39. The maximum atomic E-state index is 12.5. The van der Waals surface area contributed by atoms with Crippen molar-refractivity contribution in [3.05, 3.63) is 34.9 Å². The summed E-state index contributed by atoms with van der Waals surface area (Å²) in [7, 11) is 0. The normalized spacial score (nSPS) is 10.8. The lowest BCUT2D eigenvalue weighted by Gasteiger charge is -2.08. The highest BCUT2D eigenvalue weighted by Gasteiger charge is 2.11. The Morgan fingerprint density at radius 1 is 1.15 bits per heavy atom. The zero-order chi connectivity index (χ0) is 9.84. The first-order valence-electron chi connectivity index (χ1n) is 4.58. The van der Waals surface area contributed by atoms with E-state index in [0.29, 0.717) is 6.42 Å². The molecule has 0 aliphatic carbocycles. The van der Waals surface area contributed by atoms with Gasteiger partial charge in [0.25, 0.3) is 6.43 Å². The van der Waals surface area contributed by atoms with Crippen LogP contribution in [0.3, 0.4) is 0 Å². The Kier molecular flexibility index (Phi) is 3.40. The molecule has 0 N–H and O–H groups in total. The average Bonchev–Trinajstić information content (AvgIpc) is 2.16. The van der Waals surface area contributed by atoms with E-state index >= 15 is 0 Å². The van der Waals surface area contributed by atoms with Crippen LogP contribution in [0.25, 0.3) is 0 Å². The quantitative estimate of drug-likeness (QED) is 0.671. The number of aryl methyl sites for hydroxylation is 2. The summed E-state index contributed by atoms with van der Waals surface area (Å²) in [4.78, 5) is 0. The van der Waals surface area contributed by atoms with Crippen LogP contribution in [0, 0.1) is 0 Å². The second kappa shape index (κ2) is 4.35. The summed E-state index contributed by atoms with van der Waals surface area (Å²) in [5.41, 5.74) is 1.93. The zero-order valence-corrected chi connectivity index (χ0v) is 7.98. The van der Waals surface area contributed by atoms with E-state index in [9.17, 15) is 8.78 Å². The van der Waals surface area contributed by atoms with Crippen LogP contribution in [0.1, 0.15) is 37.0 Å². The van der Waals surface area contributed by atoms with Gasteiger partial charge in [-0.2, -0.15) is 0 Å². The zero-order valence-electron chi connectivity index (χ0n) is 7.98. The molecule has 0 atom stereocenters. The first-order valence-corrected chi connectivity index (χ1v) is 4.58. The van der Waals surface area contributed by atoms with Crippen LogP contribution in [0.4, 0.5) is 8.78 Å². The largest absolute Gasteiger partial charge is 0.264 e. The van der Waals surface area contributed by atoms with Crippen LogP contribution in [-0.2, 0) is 12.8 Å². The molecule has 0 heterocycles. The highest BCUT2D eigenvalue weighted by atomic mass is 19.3. The Labute approximate surface area is 77.6 Å². The fourth-order valence-corrected chi connectivity index (χ4v) is 1.39. The van der Waals surface area contributed by atoms with E-state index in [1.165, 1.54) is 0 Å². The van der Waals surface area contributed by atoms with Gasteiger partial charge in [0, 0.05) is 5.56 Å². The van der Waals surface area contributed by atoms with Gasteiger partial charge in [-0.15, -0.1) is 0 Å². The lowest BCUT2D eigenvalue weighted by molar-refractivity contribution is 0.150. The molecule has 0 bridgehead atoms. The van der Waals surface area contributed by atoms with Gasteiger partial charge in [0.2, 0.25) is 0 Å². The number of hydrogen-bond donors (Lipinski definition) is 0. The minimum Gasteiger partial charge on any atom is -0.205 e. The van der Waals surface area contributed by atoms with Gasteiger partial charge in [0.05, 0.1) is 0 Å². The SMILES string of the molecule is CCc1ccc(CC)c(C(F)F)c1. The van der Waals surface area contributed by atoms with Crippen molar-refractivity contribution in [1.82, 2.24) is 0 Å². The maximum Gasteiger partial charge on any atom is 0.264 e. The lowest BCUT2D eigenvalue weighted by atomic mass is 10.0. The average molecular weight is 184 g/mol. The van der Waals surface area contributed by atoms with Crippen molar-refractivity contribution in [1.29, 1.82) is 0 Å². The van der Waals surface area contributed by atoms with Gasteiger partial charge in [-0.05, 0) is 30.0 Å². The fraction of sp³-hybridized carbons (Fsp3) is 0.455. The minimum absolute atomic E-state index is 0.196. The molecule has 0 aromatic heterocycles. The molecule has 0 aliphatic heterocycles. The summed E-state index contributed by atoms with van der Waals surface area (Å²) in [6.07, 6.45) is -0.866. The van der Waals surface area contributed by atoms with E-state index in [1.54, 1.807) is 12.1 Å². The number of rotatable bonds is 3. The Morgan fingerprint density at radius 3 is 2.31 bits per heavy atom. The van der Waals surface area contributed by atoms with Crippen molar-refractivity contribution in [2.24, 2.45) is 0 Å². The van der Waals surface area contributed by atoms with Crippen molar-refractivity contribution >= 4 is 0 Å². The van der Waals surface area contributed by atoms with Crippen LogP contribution < -0.4 is 0 Å². The molecular formula is C11H14F2. The molecule has 1 aromatic carbocycles. The molecule has 2 heteroatoms. The first-order chi connectivity index (χ1) is 6.19. The monoisotopic (exact) mass is 184 g/mol. The van der Waals surface area contributed by atoms with Crippen LogP contribution in [-0.4, -0.2) is 0 Å². The second-order valence-electron chi connectivity index (χ2n) is 3.04. The number of alkyl halides is 2. The van der Waals surface area contributed by atoms with Gasteiger partial charge in [-0.1, -0.05) is 26.0 Å². The third kappa shape index (κ3) is 2.27. The van der Waals surface area contributed by atoms with Gasteiger partial charge in [-0.25, -0.2) is 8.78 Å². The molecule has 0 aliphatic rings. The minimum atomic E-state index is -2.35. The molecular weight excluding hydrogens is 170 g/mol. The maximum absolute atomic E-state index is 12.5. The number of halogens is 2. The van der Waals surface area contributed by atoms with Crippen molar-refractivity contribution in [3.8, 4) is 0 Å². The highest BCUT2D eigenvalue weighted by molar-refractivity contribution is 5.33. The van der Waals surface area contributed by atoms with Crippen LogP contribution in [0.15, 0.2) is 18.2 Å². The topological polar surface area (TPSA) is 0 Å². The molecule has 0 saturated carbocycles. The number of benzene rings is 1. The summed E-state index contributed by atoms with van der Waals surface area (Å²) in [5, 5.41) is 0. The molecule has 13 heavy (non-hydrogen) atoms. The van der Waals surface area contributed by atoms with Crippen LogP contribution in [0.2, 0.25) is 0 Å². The van der Waals surface area contributed by atoms with E-state index in [2.05, 4.69) is 0 Å². The smallest absolute Gasteiger partial charge is 0.205 e. The van der Waals surface area contributed by atoms with E-state index in [1.807, 2.05) is 19.9 Å². The molecule has 72 valence electrons. The third-order valence-corrected chi connectivity index (χ3v) is 2.23. The first kappa shape index (κ1) is 10.2. The number of hydrogen-bond acceptors (Lipinski definition) is 0. The Morgan fingerprint density at radius 2 is 1.85 bits per heavy atom. The summed E-state index contributed by atoms with van der Waals surface area (Å²) >= 11 is 0. The Bertz CT molecular complexity index is 279. The predicted molar refractivity (Wildman–Crippen MR) is 50.2 cm³/mol. The molecule has 0 fully saturated rings. The summed E-state index contributed by atoms with van der Waals surface area (Å²) in [6, 6.07) is 5.34. The standard InChI is InChI=1S/C11H14F2/c1-3-8-5-6-9(4-2)10(7-8)11(12)13/h5-7,11H,3-4H2,1-2H3. The second-order valence-corrected chi connectivity index (χ2v) is 3.04. The van der Waals surface area contributed by atoms with Gasteiger partial charge in [0.1, 0.15) is 0 Å². The van der Waals surface area contributed by atoms with Crippen LogP contribution in [0.5, 0.6) is 0 Å². The summed E-state index contributed by atoms with van der Waals surface area (Å²) in [5.74, 6) is 0. The highest BCUT2D eigenvalue weighted by Crippen LogP contribution is 2.24. The summed E-state index contributed by atoms with van der Waals surface area (Å²) < 4.78 is 25.1. The molecule has 1 rings (SSSR count). The molecule has 1 aromatic rings. The van der Waals surface area contributed by atoms with E-state index in [4.69, 9.17) is 0 Å². The summed E-state index contributed by atoms with van der Waals surface area (Å²) in [6.45, 7) is 3.86. The Balaban J connectivity index is 3.10. The van der Waals surface area contributed by atoms with Crippen molar-refractivity contribution < 1.29 is 8.78 Å². The van der Waals surface area contributed by atoms with E-state index < -0.39 is 6.43 Å². The van der Waals surface area contributed by atoms with Gasteiger partial charge in [-0.3, -0.25) is 0 Å². The lowest BCUT2D eigenvalue weighted by Crippen LogP contribution is -1.95. The van der Waals surface area contributed by atoms with Crippen molar-refractivity contribution in [2.45, 2.75) is 33.1 Å². The molecule has 0 amide bonds. The van der Waals surface area contributed by atoms with Crippen LogP contribution >= 0.6 is 0 Å². The van der Waals surface area contributed by atoms with Crippen molar-refractivity contribution in [3.63, 3.8) is 0 Å². The van der Waals surface area contributed by atoms with Gasteiger partial charge >= 0.3 is 0 Å². The molecule has 0 unspecified atom stereocenters. The predicted octanol–water partition coefficient (Wildman–Crippen LogP) is 3.75. The van der Waals surface area contributed by atoms with Crippen molar-refractivity contribution in [2.75, 3.05) is 0 Å². The molecule has 0 radical (unpaired) electrons. The molecule has 0 saturated heterocycles. The molecule has 0 nitrogen and oxygen atoms in total. The van der Waals surface area contributed by atoms with E-state index in [0.717, 1.165) is 17.5 Å². The third-order valence-electron chi connectivity index (χ3n) is 2.23. The van der Waals surface area contributed by atoms with Gasteiger partial charge < -0.3 is 0 Å². The van der Waals surface area contributed by atoms with Gasteiger partial charge in [0.15, 0.2) is 0 Å². The Hall–Kier alpha value is -0.920. The van der Waals surface area contributed by atoms with E-state index in [-0.39, 0.29) is 5.56 Å².